The summed E-state index contributed by atoms with van der Waals surface area (Å²) in [6, 6.07) is 2.65. The van der Waals surface area contributed by atoms with Crippen molar-refractivity contribution >= 4 is 11.5 Å². The Bertz CT molecular complexity index is 292. The van der Waals surface area contributed by atoms with Crippen molar-refractivity contribution in [2.75, 3.05) is 11.1 Å². The molecule has 0 atom stereocenters. The standard InChI is InChI=1S/C9H13N3/c1-6-4-9(11-5-8(6)10)12-7-2-3-7/h4-5,7H,2-3,10H2,1H3,(H,11,12). The second-order valence-electron chi connectivity index (χ2n) is 3.34. The van der Waals surface area contributed by atoms with Gasteiger partial charge < -0.3 is 11.1 Å². The van der Waals surface area contributed by atoms with E-state index in [0.29, 0.717) is 6.04 Å². The van der Waals surface area contributed by atoms with E-state index in [4.69, 9.17) is 5.73 Å². The highest BCUT2D eigenvalue weighted by Gasteiger charge is 2.21. The average molecular weight is 163 g/mol. The van der Waals surface area contributed by atoms with Gasteiger partial charge in [-0.15, -0.1) is 0 Å². The van der Waals surface area contributed by atoms with Gasteiger partial charge in [0, 0.05) is 6.04 Å². The fourth-order valence-corrected chi connectivity index (χ4v) is 1.08. The highest BCUT2D eigenvalue weighted by molar-refractivity contribution is 5.51. The van der Waals surface area contributed by atoms with Crippen LogP contribution in [0.15, 0.2) is 12.3 Å². The molecule has 1 aromatic rings. The number of aryl methyl sites for hydroxylation is 1. The van der Waals surface area contributed by atoms with Crippen LogP contribution in [0.3, 0.4) is 0 Å². The molecule has 3 nitrogen and oxygen atoms in total. The fraction of sp³-hybridized carbons (Fsp3) is 0.444. The second-order valence-corrected chi connectivity index (χ2v) is 3.34. The molecule has 0 radical (unpaired) electrons. The van der Waals surface area contributed by atoms with Gasteiger partial charge in [0.25, 0.3) is 0 Å². The molecule has 1 aromatic heterocycles. The van der Waals surface area contributed by atoms with E-state index in [0.717, 1.165) is 17.1 Å². The first-order valence-corrected chi connectivity index (χ1v) is 4.24. The maximum atomic E-state index is 5.64. The molecule has 12 heavy (non-hydrogen) atoms. The van der Waals surface area contributed by atoms with Crippen molar-refractivity contribution in [2.45, 2.75) is 25.8 Å². The summed E-state index contributed by atoms with van der Waals surface area (Å²) in [5.41, 5.74) is 7.50. The Morgan fingerprint density at radius 2 is 2.33 bits per heavy atom. The number of hydrogen-bond acceptors (Lipinski definition) is 3. The lowest BCUT2D eigenvalue weighted by atomic mass is 10.2. The summed E-state index contributed by atoms with van der Waals surface area (Å²) in [7, 11) is 0. The van der Waals surface area contributed by atoms with E-state index in [-0.39, 0.29) is 0 Å². The predicted octanol–water partition coefficient (Wildman–Crippen LogP) is 1.55. The molecule has 64 valence electrons. The number of anilines is 2. The number of nitrogen functional groups attached to an aromatic ring is 1. The van der Waals surface area contributed by atoms with E-state index in [2.05, 4.69) is 10.3 Å². The zero-order valence-electron chi connectivity index (χ0n) is 7.17. The first-order valence-electron chi connectivity index (χ1n) is 4.24. The van der Waals surface area contributed by atoms with Gasteiger partial charge in [-0.25, -0.2) is 4.98 Å². The minimum Gasteiger partial charge on any atom is -0.397 e. The molecule has 1 saturated carbocycles. The zero-order chi connectivity index (χ0) is 8.55. The van der Waals surface area contributed by atoms with Crippen LogP contribution in [-0.2, 0) is 0 Å². The lowest BCUT2D eigenvalue weighted by Gasteiger charge is -2.05. The van der Waals surface area contributed by atoms with Crippen molar-refractivity contribution in [1.29, 1.82) is 0 Å². The minimum absolute atomic E-state index is 0.653. The Labute approximate surface area is 72.0 Å². The molecule has 1 heterocycles. The summed E-state index contributed by atoms with van der Waals surface area (Å²) in [6.07, 6.45) is 4.25. The third-order valence-electron chi connectivity index (χ3n) is 2.08. The molecular weight excluding hydrogens is 150 g/mol. The zero-order valence-corrected chi connectivity index (χ0v) is 7.17. The highest BCUT2D eigenvalue weighted by Crippen LogP contribution is 2.24. The van der Waals surface area contributed by atoms with Crippen molar-refractivity contribution in [3.05, 3.63) is 17.8 Å². The fourth-order valence-electron chi connectivity index (χ4n) is 1.08. The molecule has 1 fully saturated rings. The molecule has 1 aliphatic rings. The number of hydrogen-bond donors (Lipinski definition) is 2. The van der Waals surface area contributed by atoms with Crippen LogP contribution in [0.25, 0.3) is 0 Å². The van der Waals surface area contributed by atoms with E-state index in [1.54, 1.807) is 6.20 Å². The second kappa shape index (κ2) is 2.66. The number of nitrogens with one attached hydrogen (secondary N) is 1. The SMILES string of the molecule is Cc1cc(NC2CC2)ncc1N. The van der Waals surface area contributed by atoms with Crippen LogP contribution in [-0.4, -0.2) is 11.0 Å². The smallest absolute Gasteiger partial charge is 0.126 e. The van der Waals surface area contributed by atoms with Gasteiger partial charge in [0.15, 0.2) is 0 Å². The maximum absolute atomic E-state index is 5.64. The van der Waals surface area contributed by atoms with Crippen molar-refractivity contribution < 1.29 is 0 Å². The molecule has 0 aliphatic heterocycles. The Morgan fingerprint density at radius 1 is 1.58 bits per heavy atom. The molecule has 2 rings (SSSR count). The molecule has 0 amide bonds. The monoisotopic (exact) mass is 163 g/mol. The van der Waals surface area contributed by atoms with Crippen LogP contribution in [0.1, 0.15) is 18.4 Å². The van der Waals surface area contributed by atoms with Crippen LogP contribution < -0.4 is 11.1 Å². The van der Waals surface area contributed by atoms with Gasteiger partial charge in [0.1, 0.15) is 5.82 Å². The third kappa shape index (κ3) is 1.49. The summed E-state index contributed by atoms with van der Waals surface area (Å²) >= 11 is 0. The molecule has 0 saturated heterocycles. The van der Waals surface area contributed by atoms with Crippen molar-refractivity contribution in [2.24, 2.45) is 0 Å². The number of pyridine rings is 1. The number of rotatable bonds is 2. The lowest BCUT2D eigenvalue weighted by Crippen LogP contribution is -2.03. The van der Waals surface area contributed by atoms with Crippen LogP contribution in [0.4, 0.5) is 11.5 Å². The summed E-state index contributed by atoms with van der Waals surface area (Å²) in [5.74, 6) is 0.948. The van der Waals surface area contributed by atoms with Crippen molar-refractivity contribution in [3.63, 3.8) is 0 Å². The number of nitrogens with two attached hydrogens (primary N) is 1. The Morgan fingerprint density at radius 3 is 2.92 bits per heavy atom. The van der Waals surface area contributed by atoms with Gasteiger partial charge in [0.05, 0.1) is 11.9 Å². The first-order chi connectivity index (χ1) is 5.75. The Kier molecular flexibility index (Phi) is 1.64. The van der Waals surface area contributed by atoms with Gasteiger partial charge in [0.2, 0.25) is 0 Å². The normalized spacial score (nSPS) is 16.1. The number of aromatic nitrogens is 1. The molecular formula is C9H13N3. The van der Waals surface area contributed by atoms with Crippen molar-refractivity contribution in [1.82, 2.24) is 4.98 Å². The summed E-state index contributed by atoms with van der Waals surface area (Å²) < 4.78 is 0. The van der Waals surface area contributed by atoms with Gasteiger partial charge in [-0.1, -0.05) is 0 Å². The number of nitrogens with zero attached hydrogens (tertiary/aromatic N) is 1. The van der Waals surface area contributed by atoms with Crippen LogP contribution in [0.5, 0.6) is 0 Å². The highest BCUT2D eigenvalue weighted by atomic mass is 15.0. The van der Waals surface area contributed by atoms with Crippen LogP contribution >= 0.6 is 0 Å². The molecule has 0 spiro atoms. The van der Waals surface area contributed by atoms with Crippen LogP contribution in [0.2, 0.25) is 0 Å². The van der Waals surface area contributed by atoms with E-state index in [9.17, 15) is 0 Å². The van der Waals surface area contributed by atoms with E-state index < -0.39 is 0 Å². The topological polar surface area (TPSA) is 50.9 Å². The third-order valence-corrected chi connectivity index (χ3v) is 2.08. The van der Waals surface area contributed by atoms with Crippen molar-refractivity contribution in [3.8, 4) is 0 Å². The quantitative estimate of drug-likeness (QED) is 0.695. The predicted molar refractivity (Wildman–Crippen MR) is 50.0 cm³/mol. The molecule has 0 aromatic carbocycles. The average Bonchev–Trinajstić information content (AvgIpc) is 2.81. The van der Waals surface area contributed by atoms with E-state index in [1.807, 2.05) is 13.0 Å². The Balaban J connectivity index is 2.15. The molecule has 0 bridgehead atoms. The minimum atomic E-state index is 0.653. The van der Waals surface area contributed by atoms with E-state index >= 15 is 0 Å². The first kappa shape index (κ1) is 7.40. The van der Waals surface area contributed by atoms with Gasteiger partial charge >= 0.3 is 0 Å². The largest absolute Gasteiger partial charge is 0.397 e. The molecule has 3 N–H and O–H groups in total. The summed E-state index contributed by atoms with van der Waals surface area (Å²) in [6.45, 7) is 2.00. The lowest BCUT2D eigenvalue weighted by molar-refractivity contribution is 1.11. The van der Waals surface area contributed by atoms with Crippen LogP contribution in [0, 0.1) is 6.92 Å². The summed E-state index contributed by atoms with van der Waals surface area (Å²) in [4.78, 5) is 4.18. The Hall–Kier alpha value is -1.25. The molecule has 3 heteroatoms. The molecule has 1 aliphatic carbocycles. The van der Waals surface area contributed by atoms with E-state index in [1.165, 1.54) is 12.8 Å². The summed E-state index contributed by atoms with van der Waals surface area (Å²) in [5, 5.41) is 3.32. The van der Waals surface area contributed by atoms with Gasteiger partial charge in [-0.05, 0) is 31.4 Å². The molecule has 0 unspecified atom stereocenters. The van der Waals surface area contributed by atoms with Gasteiger partial charge in [-0.3, -0.25) is 0 Å². The van der Waals surface area contributed by atoms with Gasteiger partial charge in [-0.2, -0.15) is 0 Å². The maximum Gasteiger partial charge on any atom is 0.126 e.